The predicted molar refractivity (Wildman–Crippen MR) is 119 cm³/mol. The van der Waals surface area contributed by atoms with Gasteiger partial charge in [0, 0.05) is 23.2 Å². The van der Waals surface area contributed by atoms with Crippen molar-refractivity contribution in [3.8, 4) is 5.75 Å². The van der Waals surface area contributed by atoms with E-state index in [1.807, 2.05) is 24.3 Å². The van der Waals surface area contributed by atoms with Crippen LogP contribution in [0.25, 0.3) is 0 Å². The van der Waals surface area contributed by atoms with Gasteiger partial charge in [-0.2, -0.15) is 0 Å². The van der Waals surface area contributed by atoms with Crippen LogP contribution in [-0.4, -0.2) is 6.04 Å². The van der Waals surface area contributed by atoms with E-state index in [1.165, 1.54) is 44.1 Å². The molecule has 3 heteroatoms. The summed E-state index contributed by atoms with van der Waals surface area (Å²) in [4.78, 5) is 0. The summed E-state index contributed by atoms with van der Waals surface area (Å²) in [5, 5.41) is 4.67. The van der Waals surface area contributed by atoms with Crippen molar-refractivity contribution < 1.29 is 4.74 Å². The van der Waals surface area contributed by atoms with Crippen molar-refractivity contribution in [3.63, 3.8) is 0 Å². The number of nitrogens with one attached hydrogen (secondary N) is 1. The minimum absolute atomic E-state index is 0.536. The first-order valence-corrected chi connectivity index (χ1v) is 11.7. The molecule has 1 atom stereocenters. The van der Waals surface area contributed by atoms with E-state index in [0.717, 1.165) is 40.6 Å². The minimum Gasteiger partial charge on any atom is -0.489 e. The highest BCUT2D eigenvalue weighted by Gasteiger charge is 2.52. The van der Waals surface area contributed by atoms with Crippen LogP contribution < -0.4 is 10.1 Å². The lowest BCUT2D eigenvalue weighted by molar-refractivity contribution is -0.0706. The molecule has 0 spiro atoms. The molecule has 0 aromatic heterocycles. The molecule has 0 saturated heterocycles. The largest absolute Gasteiger partial charge is 0.489 e. The highest BCUT2D eigenvalue weighted by molar-refractivity contribution is 6.30. The average Bonchev–Trinajstić information content (AvgIpc) is 2.71. The van der Waals surface area contributed by atoms with Gasteiger partial charge in [-0.3, -0.25) is 0 Å². The second-order valence-electron chi connectivity index (χ2n) is 9.91. The fourth-order valence-electron chi connectivity index (χ4n) is 6.72. The Morgan fingerprint density at radius 1 is 0.966 bits per heavy atom. The Bertz CT molecular complexity index is 811. The van der Waals surface area contributed by atoms with Crippen LogP contribution in [0.15, 0.2) is 48.5 Å². The van der Waals surface area contributed by atoms with E-state index in [-0.39, 0.29) is 0 Å². The molecule has 0 aliphatic heterocycles. The Balaban J connectivity index is 1.22. The molecule has 4 bridgehead atoms. The molecular formula is C26H32ClNO. The maximum Gasteiger partial charge on any atom is 0.124 e. The van der Waals surface area contributed by atoms with Gasteiger partial charge in [0.25, 0.3) is 0 Å². The molecule has 4 aliphatic rings. The summed E-state index contributed by atoms with van der Waals surface area (Å²) in [6.07, 6.45) is 8.86. The highest BCUT2D eigenvalue weighted by Crippen LogP contribution is 2.61. The second kappa shape index (κ2) is 7.96. The third-order valence-electron chi connectivity index (χ3n) is 7.88. The fraction of sp³-hybridized carbons (Fsp3) is 0.538. The van der Waals surface area contributed by atoms with E-state index < -0.39 is 0 Å². The van der Waals surface area contributed by atoms with Gasteiger partial charge in [-0.25, -0.2) is 0 Å². The van der Waals surface area contributed by atoms with Gasteiger partial charge in [0.15, 0.2) is 0 Å². The van der Waals surface area contributed by atoms with Crippen molar-refractivity contribution in [2.24, 2.45) is 23.2 Å². The normalized spacial score (nSPS) is 31.0. The maximum atomic E-state index is 6.16. The summed E-state index contributed by atoms with van der Waals surface area (Å²) in [5.74, 6) is 3.98. The number of ether oxygens (including phenoxy) is 1. The van der Waals surface area contributed by atoms with Crippen LogP contribution in [0.5, 0.6) is 5.75 Å². The fourth-order valence-corrected chi connectivity index (χ4v) is 6.85. The van der Waals surface area contributed by atoms with E-state index in [9.17, 15) is 0 Å². The van der Waals surface area contributed by atoms with Gasteiger partial charge in [0.1, 0.15) is 12.4 Å². The molecule has 4 aliphatic carbocycles. The standard InChI is InChI=1S/C26H32ClNO/c1-18(26-13-20-10-21(14-26)12-22(11-20)15-26)28-16-23-4-2-3-5-25(23)29-17-19-6-8-24(27)9-7-19/h2-9,18,20-22,28H,10-17H2,1H3/t18-,20?,21?,22?,26?/m0/s1. The zero-order valence-electron chi connectivity index (χ0n) is 17.4. The molecule has 2 aromatic carbocycles. The zero-order chi connectivity index (χ0) is 19.8. The van der Waals surface area contributed by atoms with Gasteiger partial charge in [0.2, 0.25) is 0 Å². The number of hydrogen-bond acceptors (Lipinski definition) is 2. The van der Waals surface area contributed by atoms with Gasteiger partial charge >= 0.3 is 0 Å². The lowest BCUT2D eigenvalue weighted by Crippen LogP contribution is -2.54. The van der Waals surface area contributed by atoms with E-state index in [2.05, 4.69) is 36.5 Å². The van der Waals surface area contributed by atoms with Crippen LogP contribution in [0, 0.1) is 23.2 Å². The molecule has 154 valence electrons. The molecular weight excluding hydrogens is 378 g/mol. The molecule has 1 N–H and O–H groups in total. The Morgan fingerprint density at radius 3 is 2.24 bits per heavy atom. The molecule has 2 nitrogen and oxygen atoms in total. The number of para-hydroxylation sites is 1. The zero-order valence-corrected chi connectivity index (χ0v) is 18.1. The first-order valence-electron chi connectivity index (χ1n) is 11.3. The maximum absolute atomic E-state index is 6.16. The highest BCUT2D eigenvalue weighted by atomic mass is 35.5. The number of rotatable bonds is 7. The average molecular weight is 410 g/mol. The minimum atomic E-state index is 0.536. The smallest absolute Gasteiger partial charge is 0.124 e. The number of halogens is 1. The molecule has 0 unspecified atom stereocenters. The van der Waals surface area contributed by atoms with E-state index in [0.29, 0.717) is 18.1 Å². The van der Waals surface area contributed by atoms with Gasteiger partial charge in [-0.15, -0.1) is 0 Å². The van der Waals surface area contributed by atoms with Crippen LogP contribution in [0.4, 0.5) is 0 Å². The summed E-state index contributed by atoms with van der Waals surface area (Å²) in [6, 6.07) is 16.9. The first kappa shape index (κ1) is 19.5. The van der Waals surface area contributed by atoms with Crippen molar-refractivity contribution in [1.29, 1.82) is 0 Å². The lowest BCUT2D eigenvalue weighted by atomic mass is 9.48. The van der Waals surface area contributed by atoms with E-state index in [1.54, 1.807) is 0 Å². The SMILES string of the molecule is C[C@H](NCc1ccccc1OCc1ccc(Cl)cc1)C12CC3CC(CC(C3)C1)C2. The van der Waals surface area contributed by atoms with Crippen LogP contribution >= 0.6 is 11.6 Å². The third kappa shape index (κ3) is 4.07. The van der Waals surface area contributed by atoms with Crippen LogP contribution in [0.3, 0.4) is 0 Å². The van der Waals surface area contributed by atoms with Crippen LogP contribution in [0.2, 0.25) is 5.02 Å². The molecule has 0 amide bonds. The van der Waals surface area contributed by atoms with E-state index >= 15 is 0 Å². The van der Waals surface area contributed by atoms with Crippen molar-refractivity contribution in [2.75, 3.05) is 0 Å². The van der Waals surface area contributed by atoms with Crippen molar-refractivity contribution in [3.05, 3.63) is 64.7 Å². The van der Waals surface area contributed by atoms with Gasteiger partial charge < -0.3 is 10.1 Å². The van der Waals surface area contributed by atoms with Gasteiger partial charge in [-0.05, 0) is 92.4 Å². The number of benzene rings is 2. The summed E-state index contributed by atoms with van der Waals surface area (Å²) in [7, 11) is 0. The van der Waals surface area contributed by atoms with Gasteiger partial charge in [-0.1, -0.05) is 41.9 Å². The van der Waals surface area contributed by atoms with Gasteiger partial charge in [0.05, 0.1) is 0 Å². The van der Waals surface area contributed by atoms with Crippen LogP contribution in [-0.2, 0) is 13.2 Å². The molecule has 6 rings (SSSR count). The lowest BCUT2D eigenvalue weighted by Gasteiger charge is -2.59. The molecule has 0 radical (unpaired) electrons. The Kier molecular flexibility index (Phi) is 5.34. The number of hydrogen-bond donors (Lipinski definition) is 1. The first-order chi connectivity index (χ1) is 14.1. The molecule has 4 saturated carbocycles. The molecule has 0 heterocycles. The second-order valence-corrected chi connectivity index (χ2v) is 10.3. The predicted octanol–water partition coefficient (Wildman–Crippen LogP) is 6.61. The van der Waals surface area contributed by atoms with Crippen molar-refractivity contribution >= 4 is 11.6 Å². The van der Waals surface area contributed by atoms with E-state index in [4.69, 9.17) is 16.3 Å². The van der Waals surface area contributed by atoms with Crippen molar-refractivity contribution in [2.45, 2.75) is 64.6 Å². The third-order valence-corrected chi connectivity index (χ3v) is 8.14. The van der Waals surface area contributed by atoms with Crippen molar-refractivity contribution in [1.82, 2.24) is 5.32 Å². The summed E-state index contributed by atoms with van der Waals surface area (Å²) in [6.45, 7) is 3.88. The summed E-state index contributed by atoms with van der Waals surface area (Å²) in [5.41, 5.74) is 2.92. The molecule has 4 fully saturated rings. The Morgan fingerprint density at radius 2 is 1.59 bits per heavy atom. The monoisotopic (exact) mass is 409 g/mol. The summed E-state index contributed by atoms with van der Waals surface area (Å²) < 4.78 is 6.16. The topological polar surface area (TPSA) is 21.3 Å². The Hall–Kier alpha value is -1.51. The Labute approximate surface area is 180 Å². The molecule has 2 aromatic rings. The summed E-state index contributed by atoms with van der Waals surface area (Å²) >= 11 is 5.99. The van der Waals surface area contributed by atoms with Crippen LogP contribution in [0.1, 0.15) is 56.6 Å². The molecule has 29 heavy (non-hydrogen) atoms. The quantitative estimate of drug-likeness (QED) is 0.555.